The van der Waals surface area contributed by atoms with Gasteiger partial charge in [0.15, 0.2) is 6.61 Å². The molecule has 1 heterocycles. The fourth-order valence-corrected chi connectivity index (χ4v) is 2.16. The molecule has 0 bridgehead atoms. The molecule has 3 aromatic rings. The Hall–Kier alpha value is -3.08. The van der Waals surface area contributed by atoms with Crippen LogP contribution in [0.5, 0.6) is 5.75 Å². The number of amides is 1. The smallest absolute Gasteiger partial charge is 0.262 e. The van der Waals surface area contributed by atoms with Crippen molar-refractivity contribution in [2.75, 3.05) is 11.9 Å². The van der Waals surface area contributed by atoms with Crippen LogP contribution < -0.4 is 10.1 Å². The highest BCUT2D eigenvalue weighted by Crippen LogP contribution is 2.20. The number of ether oxygens (including phenoxy) is 1. The monoisotopic (exact) mass is 307 g/mol. The Labute approximate surface area is 134 Å². The number of aryl methyl sites for hydroxylation is 1. The number of H-pyrrole nitrogens is 1. The number of carbonyl (C=O) groups excluding carboxylic acids is 1. The Bertz CT molecular complexity index is 780. The van der Waals surface area contributed by atoms with Gasteiger partial charge in [0, 0.05) is 17.4 Å². The Balaban J connectivity index is 1.59. The van der Waals surface area contributed by atoms with E-state index in [0.717, 1.165) is 22.5 Å². The van der Waals surface area contributed by atoms with Crippen molar-refractivity contribution < 1.29 is 9.53 Å². The number of aromatic amines is 1. The SMILES string of the molecule is Cc1ccc(OCC(=O)Nc2cccc(-c3ccn[nH]3)c2)cc1. The second-order valence-electron chi connectivity index (χ2n) is 5.20. The molecular formula is C18H17N3O2. The van der Waals surface area contributed by atoms with Crippen molar-refractivity contribution in [1.82, 2.24) is 10.2 Å². The van der Waals surface area contributed by atoms with Gasteiger partial charge in [0.2, 0.25) is 0 Å². The first-order chi connectivity index (χ1) is 11.2. The average molecular weight is 307 g/mol. The molecule has 0 aliphatic heterocycles. The molecular weight excluding hydrogens is 290 g/mol. The molecule has 3 rings (SSSR count). The molecule has 1 aromatic heterocycles. The quantitative estimate of drug-likeness (QED) is 0.759. The molecule has 0 atom stereocenters. The maximum atomic E-state index is 12.0. The number of hydrogen-bond donors (Lipinski definition) is 2. The summed E-state index contributed by atoms with van der Waals surface area (Å²) < 4.78 is 5.47. The Morgan fingerprint density at radius 2 is 2.00 bits per heavy atom. The fourth-order valence-electron chi connectivity index (χ4n) is 2.16. The van der Waals surface area contributed by atoms with Gasteiger partial charge in [-0.2, -0.15) is 5.10 Å². The summed E-state index contributed by atoms with van der Waals surface area (Å²) in [5.41, 5.74) is 3.73. The van der Waals surface area contributed by atoms with Crippen molar-refractivity contribution in [3.63, 3.8) is 0 Å². The predicted octanol–water partition coefficient (Wildman–Crippen LogP) is 3.40. The molecule has 1 amide bonds. The van der Waals surface area contributed by atoms with Crippen molar-refractivity contribution >= 4 is 11.6 Å². The summed E-state index contributed by atoms with van der Waals surface area (Å²) >= 11 is 0. The molecule has 0 fully saturated rings. The summed E-state index contributed by atoms with van der Waals surface area (Å²) in [4.78, 5) is 12.0. The molecule has 2 aromatic carbocycles. The number of benzene rings is 2. The lowest BCUT2D eigenvalue weighted by Gasteiger charge is -2.08. The fraction of sp³-hybridized carbons (Fsp3) is 0.111. The zero-order chi connectivity index (χ0) is 16.1. The van der Waals surface area contributed by atoms with E-state index in [4.69, 9.17) is 4.74 Å². The largest absolute Gasteiger partial charge is 0.484 e. The van der Waals surface area contributed by atoms with Gasteiger partial charge in [0.05, 0.1) is 5.69 Å². The van der Waals surface area contributed by atoms with Crippen LogP contribution in [0, 0.1) is 6.92 Å². The van der Waals surface area contributed by atoms with Crippen LogP contribution in [0.4, 0.5) is 5.69 Å². The Morgan fingerprint density at radius 1 is 1.17 bits per heavy atom. The second kappa shape index (κ2) is 6.79. The number of nitrogens with one attached hydrogen (secondary N) is 2. The van der Waals surface area contributed by atoms with E-state index >= 15 is 0 Å². The standard InChI is InChI=1S/C18H17N3O2/c1-13-5-7-16(8-6-13)23-12-18(22)20-15-4-2-3-14(11-15)17-9-10-19-21-17/h2-11H,12H2,1H3,(H,19,21)(H,20,22). The summed E-state index contributed by atoms with van der Waals surface area (Å²) in [5.74, 6) is 0.476. The van der Waals surface area contributed by atoms with Gasteiger partial charge in [-0.05, 0) is 37.3 Å². The van der Waals surface area contributed by atoms with Crippen molar-refractivity contribution in [1.29, 1.82) is 0 Å². The topological polar surface area (TPSA) is 67.0 Å². The summed E-state index contributed by atoms with van der Waals surface area (Å²) in [5, 5.41) is 9.65. The van der Waals surface area contributed by atoms with Crippen LogP contribution >= 0.6 is 0 Å². The van der Waals surface area contributed by atoms with Gasteiger partial charge in [-0.3, -0.25) is 9.89 Å². The molecule has 0 saturated heterocycles. The first-order valence-electron chi connectivity index (χ1n) is 7.30. The highest BCUT2D eigenvalue weighted by molar-refractivity contribution is 5.92. The van der Waals surface area contributed by atoms with Crippen molar-refractivity contribution in [3.8, 4) is 17.0 Å². The third-order valence-corrected chi connectivity index (χ3v) is 3.35. The van der Waals surface area contributed by atoms with Gasteiger partial charge in [0.1, 0.15) is 5.75 Å². The molecule has 0 aliphatic carbocycles. The Kier molecular flexibility index (Phi) is 4.38. The van der Waals surface area contributed by atoms with Gasteiger partial charge in [-0.1, -0.05) is 29.8 Å². The third kappa shape index (κ3) is 3.97. The van der Waals surface area contributed by atoms with Gasteiger partial charge in [-0.25, -0.2) is 0 Å². The molecule has 0 radical (unpaired) electrons. The zero-order valence-corrected chi connectivity index (χ0v) is 12.7. The van der Waals surface area contributed by atoms with Crippen LogP contribution in [0.25, 0.3) is 11.3 Å². The highest BCUT2D eigenvalue weighted by Gasteiger charge is 2.05. The van der Waals surface area contributed by atoms with Crippen LogP contribution in [0.15, 0.2) is 60.8 Å². The van der Waals surface area contributed by atoms with Gasteiger partial charge in [-0.15, -0.1) is 0 Å². The van der Waals surface area contributed by atoms with E-state index in [2.05, 4.69) is 15.5 Å². The minimum Gasteiger partial charge on any atom is -0.484 e. The van der Waals surface area contributed by atoms with Gasteiger partial charge < -0.3 is 10.1 Å². The summed E-state index contributed by atoms with van der Waals surface area (Å²) in [6.45, 7) is 1.97. The molecule has 2 N–H and O–H groups in total. The minimum absolute atomic E-state index is 0.0304. The number of anilines is 1. The lowest BCUT2D eigenvalue weighted by molar-refractivity contribution is -0.118. The highest BCUT2D eigenvalue weighted by atomic mass is 16.5. The van der Waals surface area contributed by atoms with Gasteiger partial charge in [0.25, 0.3) is 5.91 Å². The maximum absolute atomic E-state index is 12.0. The first kappa shape index (κ1) is 14.8. The van der Waals surface area contributed by atoms with Gasteiger partial charge >= 0.3 is 0 Å². The van der Waals surface area contributed by atoms with E-state index in [0.29, 0.717) is 5.75 Å². The maximum Gasteiger partial charge on any atom is 0.262 e. The molecule has 0 aliphatic rings. The average Bonchev–Trinajstić information content (AvgIpc) is 3.09. The summed E-state index contributed by atoms with van der Waals surface area (Å²) in [6, 6.07) is 17.0. The molecule has 5 nitrogen and oxygen atoms in total. The third-order valence-electron chi connectivity index (χ3n) is 3.35. The summed E-state index contributed by atoms with van der Waals surface area (Å²) in [7, 11) is 0. The van der Waals surface area contributed by atoms with Crippen molar-refractivity contribution in [3.05, 3.63) is 66.4 Å². The van der Waals surface area contributed by atoms with Crippen LogP contribution in [0.1, 0.15) is 5.56 Å². The molecule has 116 valence electrons. The molecule has 0 saturated carbocycles. The zero-order valence-electron chi connectivity index (χ0n) is 12.7. The van der Waals surface area contributed by atoms with Crippen LogP contribution in [-0.4, -0.2) is 22.7 Å². The van der Waals surface area contributed by atoms with E-state index in [9.17, 15) is 4.79 Å². The first-order valence-corrected chi connectivity index (χ1v) is 7.30. The minimum atomic E-state index is -0.202. The van der Waals surface area contributed by atoms with E-state index in [-0.39, 0.29) is 12.5 Å². The van der Waals surface area contributed by atoms with Crippen LogP contribution in [-0.2, 0) is 4.79 Å². The lowest BCUT2D eigenvalue weighted by atomic mass is 10.1. The van der Waals surface area contributed by atoms with E-state index in [1.165, 1.54) is 0 Å². The van der Waals surface area contributed by atoms with E-state index < -0.39 is 0 Å². The van der Waals surface area contributed by atoms with Crippen molar-refractivity contribution in [2.24, 2.45) is 0 Å². The molecule has 0 unspecified atom stereocenters. The molecule has 0 spiro atoms. The van der Waals surface area contributed by atoms with Crippen LogP contribution in [0.3, 0.4) is 0 Å². The lowest BCUT2D eigenvalue weighted by Crippen LogP contribution is -2.20. The number of rotatable bonds is 5. The Morgan fingerprint density at radius 3 is 2.74 bits per heavy atom. The van der Waals surface area contributed by atoms with E-state index in [1.807, 2.05) is 61.5 Å². The number of aromatic nitrogens is 2. The number of nitrogens with zero attached hydrogens (tertiary/aromatic N) is 1. The van der Waals surface area contributed by atoms with Crippen molar-refractivity contribution in [2.45, 2.75) is 6.92 Å². The number of carbonyl (C=O) groups is 1. The normalized spacial score (nSPS) is 10.3. The predicted molar refractivity (Wildman–Crippen MR) is 89.3 cm³/mol. The van der Waals surface area contributed by atoms with E-state index in [1.54, 1.807) is 6.20 Å². The molecule has 5 heteroatoms. The number of hydrogen-bond acceptors (Lipinski definition) is 3. The second-order valence-corrected chi connectivity index (χ2v) is 5.20. The van der Waals surface area contributed by atoms with Crippen LogP contribution in [0.2, 0.25) is 0 Å². The molecule has 23 heavy (non-hydrogen) atoms. The summed E-state index contributed by atoms with van der Waals surface area (Å²) in [6.07, 6.45) is 1.69.